The van der Waals surface area contributed by atoms with Crippen LogP contribution in [-0.4, -0.2) is 29.9 Å². The number of nitrogens with zero attached hydrogens (tertiary/aromatic N) is 1. The number of hydrogen-bond acceptors (Lipinski definition) is 3. The van der Waals surface area contributed by atoms with Crippen molar-refractivity contribution < 1.29 is 14.3 Å². The molecule has 0 aromatic heterocycles. The fourth-order valence-electron chi connectivity index (χ4n) is 3.45. The van der Waals surface area contributed by atoms with Gasteiger partial charge in [0.05, 0.1) is 12.3 Å². The van der Waals surface area contributed by atoms with E-state index in [1.807, 2.05) is 48.5 Å². The number of carbonyl (C=O) groups excluding carboxylic acids is 2. The summed E-state index contributed by atoms with van der Waals surface area (Å²) in [5.41, 5.74) is 3.63. The van der Waals surface area contributed by atoms with Crippen molar-refractivity contribution in [2.24, 2.45) is 0 Å². The lowest BCUT2D eigenvalue weighted by molar-refractivity contribution is -0.116. The van der Waals surface area contributed by atoms with Crippen molar-refractivity contribution in [2.75, 3.05) is 18.5 Å². The lowest BCUT2D eigenvalue weighted by Crippen LogP contribution is -2.32. The van der Waals surface area contributed by atoms with Gasteiger partial charge in [0, 0.05) is 23.2 Å². The second-order valence-corrected chi connectivity index (χ2v) is 7.01. The number of nitrogens with one attached hydrogen (secondary N) is 1. The van der Waals surface area contributed by atoms with Crippen molar-refractivity contribution >= 4 is 23.2 Å². The van der Waals surface area contributed by atoms with Gasteiger partial charge in [-0.3, -0.25) is 14.5 Å². The molecule has 0 saturated carbocycles. The zero-order valence-electron chi connectivity index (χ0n) is 16.5. The largest absolute Gasteiger partial charge is 0.491 e. The van der Waals surface area contributed by atoms with Gasteiger partial charge in [0.15, 0.2) is 0 Å². The van der Waals surface area contributed by atoms with E-state index in [0.29, 0.717) is 29.3 Å². The maximum atomic E-state index is 12.7. The summed E-state index contributed by atoms with van der Waals surface area (Å²) < 4.78 is 5.89. The quantitative estimate of drug-likeness (QED) is 0.643. The number of benzene rings is 3. The fourth-order valence-corrected chi connectivity index (χ4v) is 3.45. The maximum absolute atomic E-state index is 12.7. The van der Waals surface area contributed by atoms with Crippen molar-refractivity contribution in [1.82, 2.24) is 4.90 Å². The summed E-state index contributed by atoms with van der Waals surface area (Å²) in [5.74, 6) is 0.0752. The van der Waals surface area contributed by atoms with Gasteiger partial charge in [-0.05, 0) is 23.8 Å². The van der Waals surface area contributed by atoms with Crippen LogP contribution >= 0.6 is 0 Å². The summed E-state index contributed by atoms with van der Waals surface area (Å²) in [4.78, 5) is 26.7. The zero-order valence-corrected chi connectivity index (χ0v) is 16.5. The highest BCUT2D eigenvalue weighted by Crippen LogP contribution is 2.31. The number of ether oxygens (including phenoxy) is 1. The fraction of sp³-hybridized carbons (Fsp3) is 0.120. The smallest absolute Gasteiger partial charge is 0.259 e. The standard InChI is InChI=1S/C25H22N2O3/c1-18-20-11-5-6-12-21(20)25(29)27(18)17-24(28)26-22-13-7-8-14-23(22)30-16-15-19-9-3-2-4-10-19/h2-14H,1,15-17H2,(H,26,28). The van der Waals surface area contributed by atoms with Gasteiger partial charge in [0.1, 0.15) is 12.3 Å². The monoisotopic (exact) mass is 398 g/mol. The van der Waals surface area contributed by atoms with Crippen LogP contribution in [0.4, 0.5) is 5.69 Å². The Balaban J connectivity index is 1.38. The highest BCUT2D eigenvalue weighted by atomic mass is 16.5. The van der Waals surface area contributed by atoms with Crippen molar-refractivity contribution in [3.8, 4) is 5.75 Å². The predicted molar refractivity (Wildman–Crippen MR) is 117 cm³/mol. The molecule has 5 heteroatoms. The molecule has 0 spiro atoms. The highest BCUT2D eigenvalue weighted by molar-refractivity contribution is 6.11. The molecule has 2 amide bonds. The Morgan fingerprint density at radius 1 is 0.900 bits per heavy atom. The van der Waals surface area contributed by atoms with E-state index in [2.05, 4.69) is 24.0 Å². The predicted octanol–water partition coefficient (Wildman–Crippen LogP) is 4.37. The molecular weight excluding hydrogens is 376 g/mol. The zero-order chi connectivity index (χ0) is 20.9. The summed E-state index contributed by atoms with van der Waals surface area (Å²) in [5, 5.41) is 2.86. The van der Waals surface area contributed by atoms with Gasteiger partial charge in [0.25, 0.3) is 5.91 Å². The summed E-state index contributed by atoms with van der Waals surface area (Å²) in [6.45, 7) is 4.36. The summed E-state index contributed by atoms with van der Waals surface area (Å²) >= 11 is 0. The normalized spacial score (nSPS) is 12.6. The molecule has 1 aliphatic heterocycles. The van der Waals surface area contributed by atoms with Crippen LogP contribution in [-0.2, 0) is 11.2 Å². The third-order valence-electron chi connectivity index (χ3n) is 4.99. The molecule has 0 unspecified atom stereocenters. The maximum Gasteiger partial charge on any atom is 0.259 e. The number of para-hydroxylation sites is 2. The molecule has 3 aromatic rings. The molecule has 30 heavy (non-hydrogen) atoms. The number of hydrogen-bond donors (Lipinski definition) is 1. The van der Waals surface area contributed by atoms with E-state index in [9.17, 15) is 9.59 Å². The Hall–Kier alpha value is -3.86. The molecule has 0 radical (unpaired) electrons. The number of rotatable bonds is 7. The van der Waals surface area contributed by atoms with Crippen molar-refractivity contribution in [3.05, 3.63) is 102 Å². The minimum atomic E-state index is -0.309. The first-order valence-electron chi connectivity index (χ1n) is 9.79. The van der Waals surface area contributed by atoms with Crippen molar-refractivity contribution in [2.45, 2.75) is 6.42 Å². The first-order chi connectivity index (χ1) is 14.6. The first-order valence-corrected chi connectivity index (χ1v) is 9.79. The molecule has 0 aliphatic carbocycles. The molecule has 4 rings (SSSR count). The average Bonchev–Trinajstić information content (AvgIpc) is 3.01. The van der Waals surface area contributed by atoms with Crippen LogP contribution in [0.3, 0.4) is 0 Å². The Morgan fingerprint density at radius 3 is 2.33 bits per heavy atom. The van der Waals surface area contributed by atoms with E-state index in [0.717, 1.165) is 12.0 Å². The number of amides is 2. The highest BCUT2D eigenvalue weighted by Gasteiger charge is 2.31. The lowest BCUT2D eigenvalue weighted by Gasteiger charge is -2.18. The van der Waals surface area contributed by atoms with Gasteiger partial charge in [-0.25, -0.2) is 0 Å². The van der Waals surface area contributed by atoms with E-state index in [4.69, 9.17) is 4.74 Å². The van der Waals surface area contributed by atoms with Gasteiger partial charge in [-0.1, -0.05) is 67.2 Å². The molecule has 1 N–H and O–H groups in total. The topological polar surface area (TPSA) is 58.6 Å². The summed E-state index contributed by atoms with van der Waals surface area (Å²) in [6.07, 6.45) is 0.767. The SMILES string of the molecule is C=C1c2ccccc2C(=O)N1CC(=O)Nc1ccccc1OCCc1ccccc1. The minimum absolute atomic E-state index is 0.106. The molecule has 0 saturated heterocycles. The number of carbonyl (C=O) groups is 2. The number of fused-ring (bicyclic) bond motifs is 1. The van der Waals surface area contributed by atoms with Crippen LogP contribution in [0.1, 0.15) is 21.5 Å². The van der Waals surface area contributed by atoms with E-state index in [1.54, 1.807) is 18.2 Å². The van der Waals surface area contributed by atoms with Crippen molar-refractivity contribution in [3.63, 3.8) is 0 Å². The van der Waals surface area contributed by atoms with Gasteiger partial charge in [-0.2, -0.15) is 0 Å². The van der Waals surface area contributed by atoms with Gasteiger partial charge in [-0.15, -0.1) is 0 Å². The molecule has 0 bridgehead atoms. The van der Waals surface area contributed by atoms with Crippen LogP contribution in [0.15, 0.2) is 85.4 Å². The summed E-state index contributed by atoms with van der Waals surface area (Å²) in [6, 6.07) is 24.6. The van der Waals surface area contributed by atoms with Crippen LogP contribution < -0.4 is 10.1 Å². The Bertz CT molecular complexity index is 1060. The third kappa shape index (κ3) is 4.10. The molecule has 3 aromatic carbocycles. The molecule has 1 aliphatic rings. The van der Waals surface area contributed by atoms with Crippen LogP contribution in [0, 0.1) is 0 Å². The molecular formula is C25H22N2O3. The van der Waals surface area contributed by atoms with E-state index < -0.39 is 0 Å². The molecule has 5 nitrogen and oxygen atoms in total. The molecule has 0 atom stereocenters. The van der Waals surface area contributed by atoms with E-state index in [-0.39, 0.29) is 18.4 Å². The Morgan fingerprint density at radius 2 is 1.57 bits per heavy atom. The van der Waals surface area contributed by atoms with Crippen LogP contribution in [0.5, 0.6) is 5.75 Å². The minimum Gasteiger partial charge on any atom is -0.491 e. The second-order valence-electron chi connectivity index (χ2n) is 7.01. The number of anilines is 1. The van der Waals surface area contributed by atoms with E-state index >= 15 is 0 Å². The molecule has 150 valence electrons. The van der Waals surface area contributed by atoms with Gasteiger partial charge < -0.3 is 10.1 Å². The van der Waals surface area contributed by atoms with Crippen LogP contribution in [0.2, 0.25) is 0 Å². The molecule has 1 heterocycles. The van der Waals surface area contributed by atoms with Crippen molar-refractivity contribution in [1.29, 1.82) is 0 Å². The van der Waals surface area contributed by atoms with E-state index in [1.165, 1.54) is 10.5 Å². The summed E-state index contributed by atoms with van der Waals surface area (Å²) in [7, 11) is 0. The average molecular weight is 398 g/mol. The van der Waals surface area contributed by atoms with Crippen LogP contribution in [0.25, 0.3) is 5.70 Å². The van der Waals surface area contributed by atoms with Gasteiger partial charge in [0.2, 0.25) is 5.91 Å². The Kier molecular flexibility index (Phi) is 5.61. The van der Waals surface area contributed by atoms with Gasteiger partial charge >= 0.3 is 0 Å². The first kappa shape index (κ1) is 19.5. The third-order valence-corrected chi connectivity index (χ3v) is 4.99. The lowest BCUT2D eigenvalue weighted by atomic mass is 10.1. The Labute approximate surface area is 175 Å². The second kappa shape index (κ2) is 8.66. The molecule has 0 fully saturated rings.